The summed E-state index contributed by atoms with van der Waals surface area (Å²) < 4.78 is 32.1. The Bertz CT molecular complexity index is 841. The molecule has 0 radical (unpaired) electrons. The molecule has 0 saturated heterocycles. The van der Waals surface area contributed by atoms with Crippen LogP contribution in [0.1, 0.15) is 15.9 Å². The lowest BCUT2D eigenvalue weighted by Crippen LogP contribution is -2.12. The van der Waals surface area contributed by atoms with Crippen LogP contribution in [0.4, 0.5) is 8.78 Å². The van der Waals surface area contributed by atoms with Crippen molar-refractivity contribution < 1.29 is 23.1 Å². The van der Waals surface area contributed by atoms with Crippen LogP contribution in [0.5, 0.6) is 0 Å². The Kier molecular flexibility index (Phi) is 4.09. The Morgan fingerprint density at radius 2 is 1.74 bits per heavy atom. The second-order valence-electron chi connectivity index (χ2n) is 4.89. The van der Waals surface area contributed by atoms with Gasteiger partial charge in [-0.3, -0.25) is 4.79 Å². The molecule has 3 rings (SSSR count). The van der Waals surface area contributed by atoms with Gasteiger partial charge in [-0.2, -0.15) is 0 Å². The van der Waals surface area contributed by atoms with Crippen molar-refractivity contribution in [2.75, 3.05) is 6.61 Å². The van der Waals surface area contributed by atoms with Gasteiger partial charge in [-0.25, -0.2) is 13.6 Å². The topological polar surface area (TPSA) is 43.4 Å². The fourth-order valence-corrected chi connectivity index (χ4v) is 2.56. The summed E-state index contributed by atoms with van der Waals surface area (Å²) in [6.45, 7) is -0.0365. The van der Waals surface area contributed by atoms with E-state index in [9.17, 15) is 18.4 Å². The van der Waals surface area contributed by atoms with Crippen LogP contribution in [-0.2, 0) is 9.53 Å². The maximum Gasteiger partial charge on any atom is 0.342 e. The van der Waals surface area contributed by atoms with E-state index in [4.69, 9.17) is 4.74 Å². The highest BCUT2D eigenvalue weighted by molar-refractivity contribution is 9.10. The van der Waals surface area contributed by atoms with E-state index < -0.39 is 23.4 Å². The van der Waals surface area contributed by atoms with E-state index in [1.165, 1.54) is 0 Å². The molecule has 0 N–H and O–H groups in total. The van der Waals surface area contributed by atoms with Crippen LogP contribution in [0.25, 0.3) is 5.57 Å². The first-order chi connectivity index (χ1) is 11.0. The minimum Gasteiger partial charge on any atom is -0.457 e. The molecule has 0 bridgehead atoms. The van der Waals surface area contributed by atoms with Crippen LogP contribution in [0.2, 0.25) is 0 Å². The zero-order chi connectivity index (χ0) is 16.6. The van der Waals surface area contributed by atoms with Gasteiger partial charge in [0, 0.05) is 15.6 Å². The fourth-order valence-electron chi connectivity index (χ4n) is 2.30. The lowest BCUT2D eigenvalue weighted by molar-refractivity contribution is -0.135. The lowest BCUT2D eigenvalue weighted by Gasteiger charge is -2.05. The van der Waals surface area contributed by atoms with Crippen molar-refractivity contribution in [1.29, 1.82) is 0 Å². The Morgan fingerprint density at radius 1 is 1.04 bits per heavy atom. The minimum absolute atomic E-state index is 0.0365. The molecule has 0 amide bonds. The molecular formula is C17H9BrF2O3. The second kappa shape index (κ2) is 6.04. The van der Waals surface area contributed by atoms with Gasteiger partial charge in [0.25, 0.3) is 0 Å². The van der Waals surface area contributed by atoms with Gasteiger partial charge in [-0.05, 0) is 35.9 Å². The number of carbonyl (C=O) groups is 2. The highest BCUT2D eigenvalue weighted by atomic mass is 79.9. The maximum atomic E-state index is 13.3. The Morgan fingerprint density at radius 3 is 2.39 bits per heavy atom. The quantitative estimate of drug-likeness (QED) is 0.461. The predicted molar refractivity (Wildman–Crippen MR) is 82.7 cm³/mol. The highest BCUT2D eigenvalue weighted by Crippen LogP contribution is 2.29. The van der Waals surface area contributed by atoms with E-state index in [0.29, 0.717) is 11.1 Å². The zero-order valence-electron chi connectivity index (χ0n) is 11.6. The summed E-state index contributed by atoms with van der Waals surface area (Å²) in [5.41, 5.74) is 0.827. The van der Waals surface area contributed by atoms with Gasteiger partial charge < -0.3 is 4.74 Å². The van der Waals surface area contributed by atoms with Crippen LogP contribution in [0.3, 0.4) is 0 Å². The molecule has 0 fully saturated rings. The van der Waals surface area contributed by atoms with Gasteiger partial charge in [0.05, 0.1) is 0 Å². The molecule has 0 saturated carbocycles. The van der Waals surface area contributed by atoms with E-state index >= 15 is 0 Å². The average molecular weight is 379 g/mol. The number of benzene rings is 2. The highest BCUT2D eigenvalue weighted by Gasteiger charge is 2.32. The van der Waals surface area contributed by atoms with Crippen molar-refractivity contribution >= 4 is 33.3 Å². The van der Waals surface area contributed by atoms with Gasteiger partial charge in [0.15, 0.2) is 11.6 Å². The first-order valence-electron chi connectivity index (χ1n) is 6.63. The number of Topliss-reactive ketones (excluding diaryl/α,β-unsaturated/α-hetero) is 1. The number of cyclic esters (lactones) is 1. The van der Waals surface area contributed by atoms with Gasteiger partial charge in [0.2, 0.25) is 5.78 Å². The summed E-state index contributed by atoms with van der Waals surface area (Å²) in [6, 6.07) is 9.77. The van der Waals surface area contributed by atoms with Crippen LogP contribution < -0.4 is 0 Å². The lowest BCUT2D eigenvalue weighted by atomic mass is 9.96. The van der Waals surface area contributed by atoms with Crippen molar-refractivity contribution in [3.63, 3.8) is 0 Å². The SMILES string of the molecule is O=C1OCC(c2ccc(Br)cc2)=C1C(=O)c1ccc(F)c(F)c1. The summed E-state index contributed by atoms with van der Waals surface area (Å²) in [5.74, 6) is -3.66. The summed E-state index contributed by atoms with van der Waals surface area (Å²) in [5, 5.41) is 0. The third kappa shape index (κ3) is 2.94. The van der Waals surface area contributed by atoms with E-state index in [1.54, 1.807) is 24.3 Å². The fraction of sp³-hybridized carbons (Fsp3) is 0.0588. The van der Waals surface area contributed by atoms with Crippen LogP contribution in [-0.4, -0.2) is 18.4 Å². The average Bonchev–Trinajstić information content (AvgIpc) is 2.92. The largest absolute Gasteiger partial charge is 0.457 e. The van der Waals surface area contributed by atoms with Gasteiger partial charge in [-0.1, -0.05) is 28.1 Å². The molecule has 23 heavy (non-hydrogen) atoms. The minimum atomic E-state index is -1.15. The first kappa shape index (κ1) is 15.6. The second-order valence-corrected chi connectivity index (χ2v) is 5.81. The monoisotopic (exact) mass is 378 g/mol. The number of ketones is 1. The summed E-state index contributed by atoms with van der Waals surface area (Å²) in [7, 11) is 0. The number of esters is 1. The van der Waals surface area contributed by atoms with Gasteiger partial charge >= 0.3 is 5.97 Å². The number of rotatable bonds is 3. The number of hydrogen-bond donors (Lipinski definition) is 0. The van der Waals surface area contributed by atoms with E-state index in [2.05, 4.69) is 15.9 Å². The number of hydrogen-bond acceptors (Lipinski definition) is 3. The van der Waals surface area contributed by atoms with Gasteiger partial charge in [-0.15, -0.1) is 0 Å². The predicted octanol–water partition coefficient (Wildman–Crippen LogP) is 3.92. The number of halogens is 3. The van der Waals surface area contributed by atoms with Gasteiger partial charge in [0.1, 0.15) is 12.2 Å². The summed E-state index contributed by atoms with van der Waals surface area (Å²) in [4.78, 5) is 24.4. The molecule has 0 aromatic heterocycles. The van der Waals surface area contributed by atoms with Crippen molar-refractivity contribution in [2.45, 2.75) is 0 Å². The van der Waals surface area contributed by atoms with Crippen LogP contribution in [0, 0.1) is 11.6 Å². The molecule has 6 heteroatoms. The van der Waals surface area contributed by atoms with E-state index in [0.717, 1.165) is 22.7 Å². The molecule has 116 valence electrons. The first-order valence-corrected chi connectivity index (χ1v) is 7.42. The van der Waals surface area contributed by atoms with Crippen molar-refractivity contribution in [1.82, 2.24) is 0 Å². The van der Waals surface area contributed by atoms with E-state index in [-0.39, 0.29) is 17.7 Å². The van der Waals surface area contributed by atoms with Crippen molar-refractivity contribution in [3.8, 4) is 0 Å². The molecule has 0 atom stereocenters. The van der Waals surface area contributed by atoms with E-state index in [1.807, 2.05) is 0 Å². The molecule has 1 aliphatic rings. The molecule has 2 aromatic carbocycles. The molecule has 1 aliphatic heterocycles. The molecule has 0 aliphatic carbocycles. The summed E-state index contributed by atoms with van der Waals surface area (Å²) >= 11 is 3.30. The molecule has 0 spiro atoms. The molecule has 2 aromatic rings. The zero-order valence-corrected chi connectivity index (χ0v) is 13.2. The normalized spacial score (nSPS) is 14.1. The third-order valence-electron chi connectivity index (χ3n) is 3.46. The number of carbonyl (C=O) groups excluding carboxylic acids is 2. The molecule has 0 unspecified atom stereocenters. The van der Waals surface area contributed by atoms with Crippen molar-refractivity contribution in [2.24, 2.45) is 0 Å². The molecule has 3 nitrogen and oxygen atoms in total. The standard InChI is InChI=1S/C17H9BrF2O3/c18-11-4-1-9(2-5-11)12-8-23-17(22)15(12)16(21)10-3-6-13(19)14(20)7-10/h1-7H,8H2. The number of ether oxygens (including phenoxy) is 1. The Labute approximate surface area is 138 Å². The molecular weight excluding hydrogens is 370 g/mol. The Balaban J connectivity index is 2.07. The molecule has 1 heterocycles. The van der Waals surface area contributed by atoms with Crippen LogP contribution in [0.15, 0.2) is 52.5 Å². The smallest absolute Gasteiger partial charge is 0.342 e. The Hall–Kier alpha value is -2.34. The maximum absolute atomic E-state index is 13.3. The van der Waals surface area contributed by atoms with Crippen molar-refractivity contribution in [3.05, 3.63) is 75.3 Å². The summed E-state index contributed by atoms with van der Waals surface area (Å²) in [6.07, 6.45) is 0. The van der Waals surface area contributed by atoms with Crippen LogP contribution >= 0.6 is 15.9 Å². The third-order valence-corrected chi connectivity index (χ3v) is 3.98.